The largest absolute Gasteiger partial charge is 0.485 e. The van der Waals surface area contributed by atoms with Crippen LogP contribution < -0.4 is 15.2 Å². The van der Waals surface area contributed by atoms with Crippen LogP contribution in [0.3, 0.4) is 0 Å². The molecule has 1 aromatic heterocycles. The van der Waals surface area contributed by atoms with Gasteiger partial charge in [0.15, 0.2) is 0 Å². The highest BCUT2D eigenvalue weighted by Gasteiger charge is 2.32. The number of ether oxygens (including phenoxy) is 2. The fourth-order valence-electron chi connectivity index (χ4n) is 2.92. The second-order valence-corrected chi connectivity index (χ2v) is 5.26. The number of hydrogen-bond donors (Lipinski definition) is 1. The normalized spacial score (nSPS) is 20.8. The molecule has 0 radical (unpaired) electrons. The summed E-state index contributed by atoms with van der Waals surface area (Å²) in [5.41, 5.74) is 8.62. The first-order chi connectivity index (χ1) is 10.0. The highest BCUT2D eigenvalue weighted by atomic mass is 19.1. The van der Waals surface area contributed by atoms with E-state index in [0.29, 0.717) is 23.6 Å². The SMILES string of the molecule is COc1c(C2C[C@H](N)c3cc(F)ccc3O2)c(C)nn1C. The lowest BCUT2D eigenvalue weighted by molar-refractivity contribution is 0.156. The van der Waals surface area contributed by atoms with E-state index < -0.39 is 0 Å². The van der Waals surface area contributed by atoms with Gasteiger partial charge in [0.05, 0.1) is 18.4 Å². The number of nitrogens with two attached hydrogens (primary N) is 1. The fourth-order valence-corrected chi connectivity index (χ4v) is 2.92. The molecule has 0 amide bonds. The van der Waals surface area contributed by atoms with Crippen molar-refractivity contribution in [3.05, 3.63) is 40.8 Å². The molecule has 1 aliphatic heterocycles. The number of methoxy groups -OCH3 is 1. The first-order valence-corrected chi connectivity index (χ1v) is 6.80. The average Bonchev–Trinajstić information content (AvgIpc) is 2.73. The zero-order chi connectivity index (χ0) is 15.1. The molecule has 0 saturated carbocycles. The van der Waals surface area contributed by atoms with Crippen LogP contribution >= 0.6 is 0 Å². The van der Waals surface area contributed by atoms with Gasteiger partial charge in [-0.15, -0.1) is 0 Å². The lowest BCUT2D eigenvalue weighted by atomic mass is 9.93. The number of benzene rings is 1. The summed E-state index contributed by atoms with van der Waals surface area (Å²) in [6.07, 6.45) is 0.306. The highest BCUT2D eigenvalue weighted by Crippen LogP contribution is 2.43. The van der Waals surface area contributed by atoms with Crippen molar-refractivity contribution in [1.82, 2.24) is 9.78 Å². The van der Waals surface area contributed by atoms with Crippen molar-refractivity contribution in [3.63, 3.8) is 0 Å². The average molecular weight is 291 g/mol. The number of aryl methyl sites for hydroxylation is 2. The van der Waals surface area contributed by atoms with Gasteiger partial charge in [-0.25, -0.2) is 9.07 Å². The zero-order valence-corrected chi connectivity index (χ0v) is 12.3. The number of rotatable bonds is 2. The van der Waals surface area contributed by atoms with E-state index in [9.17, 15) is 4.39 Å². The number of nitrogens with zero attached hydrogens (tertiary/aromatic N) is 2. The Kier molecular flexibility index (Phi) is 3.33. The lowest BCUT2D eigenvalue weighted by Crippen LogP contribution is -2.24. The Labute approximate surface area is 122 Å². The molecule has 112 valence electrons. The minimum atomic E-state index is -0.304. The topological polar surface area (TPSA) is 62.3 Å². The molecule has 0 aliphatic carbocycles. The fraction of sp³-hybridized carbons (Fsp3) is 0.400. The van der Waals surface area contributed by atoms with Crippen molar-refractivity contribution < 1.29 is 13.9 Å². The minimum absolute atomic E-state index is 0.249. The van der Waals surface area contributed by atoms with E-state index in [2.05, 4.69) is 5.10 Å². The van der Waals surface area contributed by atoms with E-state index in [4.69, 9.17) is 15.2 Å². The van der Waals surface area contributed by atoms with E-state index in [0.717, 1.165) is 11.3 Å². The maximum Gasteiger partial charge on any atom is 0.218 e. The van der Waals surface area contributed by atoms with Gasteiger partial charge in [0.2, 0.25) is 5.88 Å². The van der Waals surface area contributed by atoms with E-state index in [1.54, 1.807) is 17.9 Å². The third kappa shape index (κ3) is 2.25. The van der Waals surface area contributed by atoms with Crippen LogP contribution in [0.2, 0.25) is 0 Å². The molecule has 1 aromatic carbocycles. The predicted molar refractivity (Wildman–Crippen MR) is 75.8 cm³/mol. The van der Waals surface area contributed by atoms with Gasteiger partial charge in [-0.2, -0.15) is 5.10 Å². The van der Waals surface area contributed by atoms with Gasteiger partial charge >= 0.3 is 0 Å². The van der Waals surface area contributed by atoms with Crippen molar-refractivity contribution in [3.8, 4) is 11.6 Å². The van der Waals surface area contributed by atoms with Gasteiger partial charge in [0, 0.05) is 25.1 Å². The molecule has 5 nitrogen and oxygen atoms in total. The first-order valence-electron chi connectivity index (χ1n) is 6.80. The summed E-state index contributed by atoms with van der Waals surface area (Å²) in [5.74, 6) is 0.974. The lowest BCUT2D eigenvalue weighted by Gasteiger charge is -2.30. The first kappa shape index (κ1) is 13.9. The summed E-state index contributed by atoms with van der Waals surface area (Å²) in [7, 11) is 3.42. The summed E-state index contributed by atoms with van der Waals surface area (Å²) >= 11 is 0. The predicted octanol–water partition coefficient (Wildman–Crippen LogP) is 2.40. The summed E-state index contributed by atoms with van der Waals surface area (Å²) < 4.78 is 26.4. The molecular weight excluding hydrogens is 273 g/mol. The number of halogens is 1. The van der Waals surface area contributed by atoms with Gasteiger partial charge in [-0.1, -0.05) is 0 Å². The molecule has 1 unspecified atom stereocenters. The van der Waals surface area contributed by atoms with Crippen LogP contribution in [0.15, 0.2) is 18.2 Å². The molecule has 6 heteroatoms. The monoisotopic (exact) mass is 291 g/mol. The number of fused-ring (bicyclic) bond motifs is 1. The summed E-state index contributed by atoms with van der Waals surface area (Å²) in [5, 5.41) is 4.36. The Morgan fingerprint density at radius 3 is 2.95 bits per heavy atom. The molecule has 0 fully saturated rings. The van der Waals surface area contributed by atoms with Crippen molar-refractivity contribution >= 4 is 0 Å². The zero-order valence-electron chi connectivity index (χ0n) is 12.3. The summed E-state index contributed by atoms with van der Waals surface area (Å²) in [6, 6.07) is 4.15. The number of aromatic nitrogens is 2. The second-order valence-electron chi connectivity index (χ2n) is 5.26. The van der Waals surface area contributed by atoms with Crippen LogP contribution in [0, 0.1) is 12.7 Å². The van der Waals surface area contributed by atoms with Crippen LogP contribution in [0.25, 0.3) is 0 Å². The Hall–Kier alpha value is -2.08. The molecule has 3 rings (SSSR count). The molecule has 21 heavy (non-hydrogen) atoms. The minimum Gasteiger partial charge on any atom is -0.485 e. The van der Waals surface area contributed by atoms with E-state index >= 15 is 0 Å². The van der Waals surface area contributed by atoms with Crippen molar-refractivity contribution in [1.29, 1.82) is 0 Å². The summed E-state index contributed by atoms with van der Waals surface area (Å²) in [4.78, 5) is 0. The molecular formula is C15H18FN3O2. The van der Waals surface area contributed by atoms with Gasteiger partial charge in [0.25, 0.3) is 0 Å². The Bertz CT molecular complexity index is 684. The highest BCUT2D eigenvalue weighted by molar-refractivity contribution is 5.42. The third-order valence-corrected chi connectivity index (χ3v) is 3.84. The van der Waals surface area contributed by atoms with Crippen LogP contribution in [-0.2, 0) is 7.05 Å². The standard InChI is InChI=1S/C15H18FN3O2/c1-8-14(15(20-3)19(2)18-8)13-7-11(17)10-6-9(16)4-5-12(10)21-13/h4-6,11,13H,7,17H2,1-3H3/t11-,13?/m0/s1. The van der Waals surface area contributed by atoms with Gasteiger partial charge in [0.1, 0.15) is 17.7 Å². The Morgan fingerprint density at radius 1 is 1.48 bits per heavy atom. The van der Waals surface area contributed by atoms with Gasteiger partial charge in [-0.05, 0) is 25.1 Å². The van der Waals surface area contributed by atoms with Crippen LogP contribution in [-0.4, -0.2) is 16.9 Å². The molecule has 1 aliphatic rings. The second kappa shape index (κ2) is 5.04. The Morgan fingerprint density at radius 2 is 2.24 bits per heavy atom. The smallest absolute Gasteiger partial charge is 0.218 e. The maximum absolute atomic E-state index is 13.3. The molecule has 0 spiro atoms. The molecule has 2 aromatic rings. The van der Waals surface area contributed by atoms with Crippen LogP contribution in [0.4, 0.5) is 4.39 Å². The van der Waals surface area contributed by atoms with E-state index in [1.807, 2.05) is 14.0 Å². The summed E-state index contributed by atoms with van der Waals surface area (Å²) in [6.45, 7) is 1.91. The van der Waals surface area contributed by atoms with Gasteiger partial charge in [-0.3, -0.25) is 0 Å². The maximum atomic E-state index is 13.3. The van der Waals surface area contributed by atoms with E-state index in [1.165, 1.54) is 12.1 Å². The van der Waals surface area contributed by atoms with E-state index in [-0.39, 0.29) is 18.0 Å². The third-order valence-electron chi connectivity index (χ3n) is 3.84. The molecule has 2 N–H and O–H groups in total. The van der Waals surface area contributed by atoms with Crippen LogP contribution in [0.1, 0.15) is 35.4 Å². The van der Waals surface area contributed by atoms with Crippen LogP contribution in [0.5, 0.6) is 11.6 Å². The quantitative estimate of drug-likeness (QED) is 0.923. The molecule has 2 atom stereocenters. The van der Waals surface area contributed by atoms with Crippen molar-refractivity contribution in [2.75, 3.05) is 7.11 Å². The molecule has 2 heterocycles. The number of hydrogen-bond acceptors (Lipinski definition) is 4. The van der Waals surface area contributed by atoms with Gasteiger partial charge < -0.3 is 15.2 Å². The Balaban J connectivity index is 2.02. The molecule has 0 saturated heterocycles. The van der Waals surface area contributed by atoms with Crippen molar-refractivity contribution in [2.24, 2.45) is 12.8 Å². The molecule has 0 bridgehead atoms. The van der Waals surface area contributed by atoms with Crippen molar-refractivity contribution in [2.45, 2.75) is 25.5 Å².